The average molecular weight is 321 g/mol. The lowest BCUT2D eigenvalue weighted by molar-refractivity contribution is -0.121. The fraction of sp³-hybridized carbons (Fsp3) is 0.571. The Kier molecular flexibility index (Phi) is 4.21. The van der Waals surface area contributed by atoms with E-state index in [1.165, 1.54) is 11.3 Å². The van der Waals surface area contributed by atoms with Crippen molar-refractivity contribution in [2.45, 2.75) is 32.8 Å². The lowest BCUT2D eigenvalue weighted by Gasteiger charge is -2.17. The summed E-state index contributed by atoms with van der Waals surface area (Å²) in [6, 6.07) is 0. The van der Waals surface area contributed by atoms with Gasteiger partial charge in [0, 0.05) is 24.9 Å². The van der Waals surface area contributed by atoms with Crippen LogP contribution in [0.25, 0.3) is 0 Å². The van der Waals surface area contributed by atoms with Crippen LogP contribution in [0.1, 0.15) is 35.7 Å². The number of hydrogen-bond acceptors (Lipinski definition) is 6. The normalized spacial score (nSPS) is 21.2. The Labute approximate surface area is 132 Å². The van der Waals surface area contributed by atoms with Crippen molar-refractivity contribution in [3.63, 3.8) is 0 Å². The van der Waals surface area contributed by atoms with Crippen LogP contribution < -0.4 is 5.32 Å². The van der Waals surface area contributed by atoms with E-state index >= 15 is 0 Å². The predicted molar refractivity (Wildman–Crippen MR) is 82.7 cm³/mol. The minimum absolute atomic E-state index is 0.0652. The third kappa shape index (κ3) is 2.76. The van der Waals surface area contributed by atoms with Crippen LogP contribution in [0.15, 0.2) is 6.20 Å². The van der Waals surface area contributed by atoms with Gasteiger partial charge in [-0.15, -0.1) is 10.2 Å². The van der Waals surface area contributed by atoms with Crippen molar-refractivity contribution in [1.29, 1.82) is 0 Å². The molecule has 0 aliphatic carbocycles. The zero-order valence-corrected chi connectivity index (χ0v) is 13.7. The monoisotopic (exact) mass is 321 g/mol. The van der Waals surface area contributed by atoms with E-state index in [9.17, 15) is 4.79 Å². The molecule has 0 radical (unpaired) electrons. The summed E-state index contributed by atoms with van der Waals surface area (Å²) >= 11 is 1.41. The Morgan fingerprint density at radius 1 is 1.55 bits per heavy atom. The fourth-order valence-corrected chi connectivity index (χ4v) is 3.29. The van der Waals surface area contributed by atoms with E-state index < -0.39 is 0 Å². The van der Waals surface area contributed by atoms with E-state index in [4.69, 9.17) is 4.74 Å². The number of nitrogens with one attached hydrogen (secondary N) is 1. The standard InChI is InChI=1S/C14H19N5O2S/c1-4-11-17-18-14(22-11)16-13(20)9-5-6-21-12(9)10-7-15-19(3)8(10)2/h7,9,12H,4-6H2,1-3H3,(H,16,18,20)/t9-,12-/m0/s1. The van der Waals surface area contributed by atoms with Crippen molar-refractivity contribution < 1.29 is 9.53 Å². The molecule has 22 heavy (non-hydrogen) atoms. The Hall–Kier alpha value is -1.80. The highest BCUT2D eigenvalue weighted by atomic mass is 32.1. The van der Waals surface area contributed by atoms with Crippen molar-refractivity contribution in [2.24, 2.45) is 13.0 Å². The second-order valence-electron chi connectivity index (χ2n) is 5.34. The molecule has 3 heterocycles. The number of aromatic nitrogens is 4. The molecule has 1 saturated heterocycles. The first-order valence-corrected chi connectivity index (χ1v) is 8.15. The molecule has 1 fully saturated rings. The van der Waals surface area contributed by atoms with Crippen LogP contribution in [0.5, 0.6) is 0 Å². The van der Waals surface area contributed by atoms with Crippen molar-refractivity contribution in [3.05, 3.63) is 22.5 Å². The molecule has 118 valence electrons. The number of nitrogens with zero attached hydrogens (tertiary/aromatic N) is 4. The van der Waals surface area contributed by atoms with Crippen molar-refractivity contribution >= 4 is 22.4 Å². The Morgan fingerprint density at radius 2 is 2.36 bits per heavy atom. The molecule has 0 spiro atoms. The second-order valence-corrected chi connectivity index (χ2v) is 6.40. The second kappa shape index (κ2) is 6.13. The zero-order valence-electron chi connectivity index (χ0n) is 12.9. The topological polar surface area (TPSA) is 81.9 Å². The van der Waals surface area contributed by atoms with E-state index in [0.29, 0.717) is 18.2 Å². The number of carbonyl (C=O) groups excluding carboxylic acids is 1. The summed E-state index contributed by atoms with van der Waals surface area (Å²) in [6.45, 7) is 4.57. The quantitative estimate of drug-likeness (QED) is 0.929. The molecular formula is C14H19N5O2S. The maximum Gasteiger partial charge on any atom is 0.232 e. The molecule has 2 atom stereocenters. The van der Waals surface area contributed by atoms with Crippen LogP contribution >= 0.6 is 11.3 Å². The molecular weight excluding hydrogens is 302 g/mol. The van der Waals surface area contributed by atoms with Crippen LogP contribution in [0.3, 0.4) is 0 Å². The molecule has 1 N–H and O–H groups in total. The van der Waals surface area contributed by atoms with Gasteiger partial charge in [-0.1, -0.05) is 18.3 Å². The van der Waals surface area contributed by atoms with Gasteiger partial charge in [0.25, 0.3) is 0 Å². The van der Waals surface area contributed by atoms with Crippen LogP contribution in [0.2, 0.25) is 0 Å². The molecule has 1 aliphatic heterocycles. The van der Waals surface area contributed by atoms with E-state index in [-0.39, 0.29) is 17.9 Å². The van der Waals surface area contributed by atoms with Gasteiger partial charge in [0.2, 0.25) is 11.0 Å². The van der Waals surface area contributed by atoms with Gasteiger partial charge in [0.1, 0.15) is 5.01 Å². The molecule has 1 amide bonds. The molecule has 8 heteroatoms. The number of ether oxygens (including phenoxy) is 1. The lowest BCUT2D eigenvalue weighted by atomic mass is 9.95. The minimum atomic E-state index is -0.243. The molecule has 0 bridgehead atoms. The SMILES string of the molecule is CCc1nnc(NC(=O)[C@H]2CCO[C@@H]2c2cnn(C)c2C)s1. The minimum Gasteiger partial charge on any atom is -0.373 e. The molecule has 3 rings (SSSR count). The maximum atomic E-state index is 12.5. The highest BCUT2D eigenvalue weighted by Crippen LogP contribution is 2.36. The van der Waals surface area contributed by atoms with Gasteiger partial charge in [-0.3, -0.25) is 9.48 Å². The Balaban J connectivity index is 1.75. The van der Waals surface area contributed by atoms with Crippen LogP contribution in [0.4, 0.5) is 5.13 Å². The summed E-state index contributed by atoms with van der Waals surface area (Å²) in [4.78, 5) is 12.5. The van der Waals surface area contributed by atoms with Gasteiger partial charge >= 0.3 is 0 Å². The molecule has 0 unspecified atom stereocenters. The number of amides is 1. The van der Waals surface area contributed by atoms with Crippen LogP contribution in [-0.4, -0.2) is 32.5 Å². The maximum absolute atomic E-state index is 12.5. The summed E-state index contributed by atoms with van der Waals surface area (Å²) in [5, 5.41) is 16.6. The third-order valence-corrected chi connectivity index (χ3v) is 4.99. The molecule has 2 aromatic rings. The van der Waals surface area contributed by atoms with E-state index in [0.717, 1.165) is 22.7 Å². The molecule has 0 aromatic carbocycles. The summed E-state index contributed by atoms with van der Waals surface area (Å²) in [7, 11) is 1.89. The first-order valence-electron chi connectivity index (χ1n) is 7.33. The fourth-order valence-electron chi connectivity index (χ4n) is 2.60. The predicted octanol–water partition coefficient (Wildman–Crippen LogP) is 1.86. The highest BCUT2D eigenvalue weighted by Gasteiger charge is 2.37. The van der Waals surface area contributed by atoms with Gasteiger partial charge in [0.15, 0.2) is 0 Å². The number of rotatable bonds is 4. The van der Waals surface area contributed by atoms with Crippen molar-refractivity contribution in [2.75, 3.05) is 11.9 Å². The first-order chi connectivity index (χ1) is 10.6. The Bertz CT molecular complexity index is 681. The Morgan fingerprint density at radius 3 is 3.00 bits per heavy atom. The summed E-state index contributed by atoms with van der Waals surface area (Å²) < 4.78 is 7.58. The highest BCUT2D eigenvalue weighted by molar-refractivity contribution is 7.15. The zero-order chi connectivity index (χ0) is 15.7. The van der Waals surface area contributed by atoms with Crippen molar-refractivity contribution in [1.82, 2.24) is 20.0 Å². The van der Waals surface area contributed by atoms with Gasteiger partial charge in [-0.05, 0) is 19.8 Å². The third-order valence-electron chi connectivity index (χ3n) is 4.01. The van der Waals surface area contributed by atoms with Gasteiger partial charge in [-0.25, -0.2) is 0 Å². The van der Waals surface area contributed by atoms with E-state index in [1.807, 2.05) is 20.9 Å². The average Bonchev–Trinajstić information content (AvgIpc) is 3.21. The molecule has 7 nitrogen and oxygen atoms in total. The largest absolute Gasteiger partial charge is 0.373 e. The molecule has 2 aromatic heterocycles. The summed E-state index contributed by atoms with van der Waals surface area (Å²) in [5.41, 5.74) is 2.00. The number of hydrogen-bond donors (Lipinski definition) is 1. The van der Waals surface area contributed by atoms with Gasteiger partial charge in [0.05, 0.1) is 18.2 Å². The van der Waals surface area contributed by atoms with E-state index in [1.54, 1.807) is 10.9 Å². The number of carbonyl (C=O) groups is 1. The smallest absolute Gasteiger partial charge is 0.232 e. The summed E-state index contributed by atoms with van der Waals surface area (Å²) in [6.07, 6.45) is 3.06. The lowest BCUT2D eigenvalue weighted by Crippen LogP contribution is -2.25. The van der Waals surface area contributed by atoms with Crippen molar-refractivity contribution in [3.8, 4) is 0 Å². The number of anilines is 1. The van der Waals surface area contributed by atoms with E-state index in [2.05, 4.69) is 20.6 Å². The summed E-state index contributed by atoms with van der Waals surface area (Å²) in [5.74, 6) is -0.290. The van der Waals surface area contributed by atoms with Crippen LogP contribution in [-0.2, 0) is 23.0 Å². The molecule has 1 aliphatic rings. The van der Waals surface area contributed by atoms with Gasteiger partial charge < -0.3 is 10.1 Å². The number of aryl methyl sites for hydroxylation is 2. The molecule has 0 saturated carbocycles. The first kappa shape index (κ1) is 15.1. The van der Waals surface area contributed by atoms with Crippen LogP contribution in [0, 0.1) is 12.8 Å². The van der Waals surface area contributed by atoms with Gasteiger partial charge in [-0.2, -0.15) is 5.10 Å².